The van der Waals surface area contributed by atoms with Crippen molar-refractivity contribution < 1.29 is 0 Å². The zero-order valence-electron chi connectivity index (χ0n) is 19.6. The van der Waals surface area contributed by atoms with Crippen LogP contribution in [0.3, 0.4) is 0 Å². The number of hydrogen-bond donors (Lipinski definition) is 0. The van der Waals surface area contributed by atoms with E-state index < -0.39 is 7.92 Å². The number of hydrogen-bond acceptors (Lipinski definition) is 0. The van der Waals surface area contributed by atoms with Gasteiger partial charge < -0.3 is 0 Å². The quantitative estimate of drug-likeness (QED) is 0.151. The highest BCUT2D eigenvalue weighted by Gasteiger charge is 2.20. The second-order valence-electron chi connectivity index (χ2n) is 8.68. The van der Waals surface area contributed by atoms with Gasteiger partial charge in [-0.1, -0.05) is 153 Å². The van der Waals surface area contributed by atoms with Crippen molar-refractivity contribution in [3.63, 3.8) is 0 Å². The van der Waals surface area contributed by atoms with Gasteiger partial charge in [0.05, 0.1) is 0 Å². The van der Waals surface area contributed by atoms with Gasteiger partial charge in [0.25, 0.3) is 0 Å². The molecule has 0 aliphatic heterocycles. The fraction of sp³-hybridized carbons (Fsp3) is 0.400. The zero-order chi connectivity index (χ0) is 22.4. The van der Waals surface area contributed by atoms with E-state index >= 15 is 0 Å². The third kappa shape index (κ3) is 7.86. The molecule has 0 aliphatic carbocycles. The third-order valence-corrected chi connectivity index (χ3v) is 9.42. The van der Waals surface area contributed by atoms with Crippen LogP contribution in [0.2, 0.25) is 0 Å². The van der Waals surface area contributed by atoms with Gasteiger partial charge in [-0.15, -0.1) is 0 Å². The van der Waals surface area contributed by atoms with Crippen molar-refractivity contribution in [3.05, 3.63) is 88.9 Å². The Bertz CT molecular complexity index is 852. The summed E-state index contributed by atoms with van der Waals surface area (Å²) in [6, 6.07) is 28.9. The van der Waals surface area contributed by atoms with E-state index in [-0.39, 0.29) is 0 Å². The lowest BCUT2D eigenvalue weighted by molar-refractivity contribution is 0.556. The number of unbranched alkanes of at least 4 members (excludes halogenated alkanes) is 9. The van der Waals surface area contributed by atoms with E-state index in [1.165, 1.54) is 90.2 Å². The lowest BCUT2D eigenvalue weighted by Gasteiger charge is -2.23. The Hall–Kier alpha value is -1.43. The molecule has 0 fully saturated rings. The molecule has 0 atom stereocenters. The molecule has 0 N–H and O–H groups in total. The van der Waals surface area contributed by atoms with E-state index in [1.54, 1.807) is 0 Å². The standard InChI is InChI=1S/C30H38BrP/c1-2-3-4-5-6-7-8-9-10-17-23-28-29(31)24-18-25-30(28)32(26-19-13-11-14-20-26)27-21-15-12-16-22-27/h11-16,18-22,24-25H,2-10,17,23H2,1H3. The molecule has 3 rings (SSSR count). The van der Waals surface area contributed by atoms with Gasteiger partial charge >= 0.3 is 0 Å². The van der Waals surface area contributed by atoms with Gasteiger partial charge in [-0.25, -0.2) is 0 Å². The Morgan fingerprint density at radius 3 is 1.59 bits per heavy atom. The minimum atomic E-state index is -0.551. The summed E-state index contributed by atoms with van der Waals surface area (Å²) in [6.45, 7) is 2.29. The predicted molar refractivity (Wildman–Crippen MR) is 148 cm³/mol. The minimum absolute atomic E-state index is 0.551. The summed E-state index contributed by atoms with van der Waals surface area (Å²) in [5, 5.41) is 4.36. The first kappa shape index (κ1) is 25.2. The molecular formula is C30H38BrP. The van der Waals surface area contributed by atoms with Gasteiger partial charge in [-0.05, 0) is 48.3 Å². The van der Waals surface area contributed by atoms with Crippen LogP contribution >= 0.6 is 23.9 Å². The van der Waals surface area contributed by atoms with E-state index in [0.29, 0.717) is 0 Å². The Balaban J connectivity index is 1.64. The van der Waals surface area contributed by atoms with Crippen molar-refractivity contribution in [2.45, 2.75) is 77.6 Å². The van der Waals surface area contributed by atoms with Gasteiger partial charge in [0.15, 0.2) is 0 Å². The van der Waals surface area contributed by atoms with Crippen molar-refractivity contribution in [1.29, 1.82) is 0 Å². The first-order valence-corrected chi connectivity index (χ1v) is 14.6. The summed E-state index contributed by atoms with van der Waals surface area (Å²) in [6.07, 6.45) is 15.0. The summed E-state index contributed by atoms with van der Waals surface area (Å²) < 4.78 is 1.27. The summed E-state index contributed by atoms with van der Waals surface area (Å²) in [7, 11) is -0.551. The molecule has 0 unspecified atom stereocenters. The van der Waals surface area contributed by atoms with Gasteiger partial charge in [0.1, 0.15) is 0 Å². The van der Waals surface area contributed by atoms with Crippen LogP contribution in [0.15, 0.2) is 83.3 Å². The monoisotopic (exact) mass is 508 g/mol. The van der Waals surface area contributed by atoms with Gasteiger partial charge in [-0.3, -0.25) is 0 Å². The molecule has 3 aromatic rings. The van der Waals surface area contributed by atoms with Crippen LogP contribution in [0.25, 0.3) is 0 Å². The summed E-state index contributed by atoms with van der Waals surface area (Å²) in [4.78, 5) is 0. The molecule has 0 aliphatic rings. The zero-order valence-corrected chi connectivity index (χ0v) is 22.1. The van der Waals surface area contributed by atoms with Crippen molar-refractivity contribution in [2.24, 2.45) is 0 Å². The molecule has 170 valence electrons. The van der Waals surface area contributed by atoms with Crippen LogP contribution in [0.1, 0.15) is 76.7 Å². The van der Waals surface area contributed by atoms with Gasteiger partial charge in [0, 0.05) is 4.47 Å². The van der Waals surface area contributed by atoms with Gasteiger partial charge in [-0.2, -0.15) is 0 Å². The van der Waals surface area contributed by atoms with Gasteiger partial charge in [0.2, 0.25) is 0 Å². The largest absolute Gasteiger partial charge is 0.0654 e. The maximum absolute atomic E-state index is 3.89. The van der Waals surface area contributed by atoms with E-state index in [9.17, 15) is 0 Å². The average molecular weight is 510 g/mol. The first-order valence-electron chi connectivity index (χ1n) is 12.5. The Kier molecular flexibility index (Phi) is 11.5. The predicted octanol–water partition coefficient (Wildman–Crippen LogP) is 8.67. The molecule has 0 saturated carbocycles. The lowest BCUT2D eigenvalue weighted by Crippen LogP contribution is -2.23. The van der Waals surface area contributed by atoms with Crippen LogP contribution in [0.5, 0.6) is 0 Å². The third-order valence-electron chi connectivity index (χ3n) is 6.14. The van der Waals surface area contributed by atoms with Crippen LogP contribution in [0.4, 0.5) is 0 Å². The Morgan fingerprint density at radius 1 is 0.562 bits per heavy atom. The van der Waals surface area contributed by atoms with Crippen molar-refractivity contribution in [1.82, 2.24) is 0 Å². The van der Waals surface area contributed by atoms with Crippen LogP contribution in [-0.2, 0) is 6.42 Å². The molecule has 0 heterocycles. The van der Waals surface area contributed by atoms with Crippen molar-refractivity contribution >= 4 is 39.8 Å². The summed E-state index contributed by atoms with van der Waals surface area (Å²) in [5.74, 6) is 0. The van der Waals surface area contributed by atoms with Crippen LogP contribution in [-0.4, -0.2) is 0 Å². The normalized spacial score (nSPS) is 11.2. The fourth-order valence-corrected chi connectivity index (χ4v) is 7.62. The van der Waals surface area contributed by atoms with Crippen molar-refractivity contribution in [3.8, 4) is 0 Å². The highest BCUT2D eigenvalue weighted by atomic mass is 79.9. The molecule has 0 radical (unpaired) electrons. The summed E-state index contributed by atoms with van der Waals surface area (Å²) >= 11 is 3.89. The number of rotatable bonds is 14. The smallest absolute Gasteiger partial charge is 0.0213 e. The SMILES string of the molecule is CCCCCCCCCCCCc1c(Br)cccc1P(c1ccccc1)c1ccccc1. The Labute approximate surface area is 205 Å². The average Bonchev–Trinajstić information content (AvgIpc) is 2.83. The summed E-state index contributed by atoms with van der Waals surface area (Å²) in [5.41, 5.74) is 1.51. The molecule has 32 heavy (non-hydrogen) atoms. The fourth-order valence-electron chi connectivity index (χ4n) is 4.37. The van der Waals surface area contributed by atoms with E-state index in [1.807, 2.05) is 0 Å². The molecule has 3 aromatic carbocycles. The van der Waals surface area contributed by atoms with E-state index in [2.05, 4.69) is 102 Å². The maximum Gasteiger partial charge on any atom is 0.0213 e. The minimum Gasteiger partial charge on any atom is -0.0654 e. The van der Waals surface area contributed by atoms with Crippen molar-refractivity contribution in [2.75, 3.05) is 0 Å². The van der Waals surface area contributed by atoms with E-state index in [4.69, 9.17) is 0 Å². The molecule has 0 nitrogen and oxygen atoms in total. The van der Waals surface area contributed by atoms with Crippen LogP contribution < -0.4 is 15.9 Å². The number of halogens is 1. The molecule has 0 amide bonds. The second kappa shape index (κ2) is 14.7. The molecule has 0 spiro atoms. The highest BCUT2D eigenvalue weighted by Crippen LogP contribution is 2.36. The first-order chi connectivity index (χ1) is 15.8. The Morgan fingerprint density at radius 2 is 1.06 bits per heavy atom. The van der Waals surface area contributed by atoms with E-state index in [0.717, 1.165) is 6.42 Å². The maximum atomic E-state index is 3.89. The molecule has 0 bridgehead atoms. The number of benzene rings is 3. The highest BCUT2D eigenvalue weighted by molar-refractivity contribution is 9.10. The molecule has 2 heteroatoms. The lowest BCUT2D eigenvalue weighted by atomic mass is 10.0. The molecule has 0 saturated heterocycles. The second-order valence-corrected chi connectivity index (χ2v) is 11.7. The topological polar surface area (TPSA) is 0 Å². The molecular weight excluding hydrogens is 471 g/mol. The molecule has 0 aromatic heterocycles. The van der Waals surface area contributed by atoms with Crippen LogP contribution in [0, 0.1) is 0 Å².